The topological polar surface area (TPSA) is 38.1 Å². The van der Waals surface area contributed by atoms with E-state index >= 15 is 0 Å². The third kappa shape index (κ3) is 3.02. The summed E-state index contributed by atoms with van der Waals surface area (Å²) in [4.78, 5) is 12.5. The predicted octanol–water partition coefficient (Wildman–Crippen LogP) is 3.14. The molecule has 1 aromatic heterocycles. The molecule has 1 aromatic carbocycles. The van der Waals surface area contributed by atoms with Gasteiger partial charge in [-0.25, -0.2) is 0 Å². The van der Waals surface area contributed by atoms with Crippen molar-refractivity contribution < 1.29 is 18.0 Å². The normalized spacial score (nSPS) is 18.2. The first-order valence-electron chi connectivity index (χ1n) is 7.74. The van der Waals surface area contributed by atoms with Crippen LogP contribution in [-0.2, 0) is 18.3 Å². The molecule has 24 heavy (non-hydrogen) atoms. The summed E-state index contributed by atoms with van der Waals surface area (Å²) in [5.74, 6) is -1.90. The third-order valence-electron chi connectivity index (χ3n) is 4.47. The Labute approximate surface area is 137 Å². The van der Waals surface area contributed by atoms with E-state index in [2.05, 4.69) is 5.10 Å². The number of amides is 1. The van der Waals surface area contributed by atoms with Crippen LogP contribution in [0.3, 0.4) is 0 Å². The van der Waals surface area contributed by atoms with Crippen molar-refractivity contribution in [2.45, 2.75) is 25.4 Å². The van der Waals surface area contributed by atoms with Crippen LogP contribution in [0.5, 0.6) is 0 Å². The van der Waals surface area contributed by atoms with Crippen LogP contribution in [0.1, 0.15) is 24.0 Å². The summed E-state index contributed by atoms with van der Waals surface area (Å²) in [6.45, 7) is 2.01. The maximum atomic E-state index is 12.7. The molecule has 0 N–H and O–H groups in total. The van der Waals surface area contributed by atoms with Crippen molar-refractivity contribution in [2.24, 2.45) is 7.05 Å². The molecule has 0 aliphatic carbocycles. The summed E-state index contributed by atoms with van der Waals surface area (Å²) in [5.41, 5.74) is 3.89. The lowest BCUT2D eigenvalue weighted by Crippen LogP contribution is -2.42. The van der Waals surface area contributed by atoms with E-state index in [1.165, 1.54) is 0 Å². The van der Waals surface area contributed by atoms with E-state index in [1.54, 1.807) is 10.9 Å². The molecule has 7 heteroatoms. The Bertz CT molecular complexity index is 767. The smallest absolute Gasteiger partial charge is 0.334 e. The summed E-state index contributed by atoms with van der Waals surface area (Å²) in [6.07, 6.45) is -2.71. The van der Waals surface area contributed by atoms with Crippen LogP contribution in [0.15, 0.2) is 30.5 Å². The van der Waals surface area contributed by atoms with Crippen molar-refractivity contribution >= 4 is 5.91 Å². The van der Waals surface area contributed by atoms with Crippen molar-refractivity contribution in [3.8, 4) is 11.3 Å². The van der Waals surface area contributed by atoms with Gasteiger partial charge in [0.2, 0.25) is 0 Å². The van der Waals surface area contributed by atoms with Crippen LogP contribution >= 0.6 is 0 Å². The quantitative estimate of drug-likeness (QED) is 0.802. The zero-order valence-corrected chi connectivity index (χ0v) is 13.5. The predicted molar refractivity (Wildman–Crippen MR) is 83.4 cm³/mol. The molecule has 1 atom stereocenters. The van der Waals surface area contributed by atoms with Gasteiger partial charge in [0, 0.05) is 31.9 Å². The molecule has 0 saturated carbocycles. The highest BCUT2D eigenvalue weighted by Crippen LogP contribution is 2.31. The van der Waals surface area contributed by atoms with E-state index < -0.39 is 12.1 Å². The van der Waals surface area contributed by atoms with Gasteiger partial charge in [-0.05, 0) is 35.6 Å². The van der Waals surface area contributed by atoms with Crippen molar-refractivity contribution in [1.29, 1.82) is 0 Å². The second-order valence-electron chi connectivity index (χ2n) is 6.15. The highest BCUT2D eigenvalue weighted by Gasteiger charge is 2.43. The fourth-order valence-electron chi connectivity index (χ4n) is 3.26. The number of nitrogens with zero attached hydrogens (tertiary/aromatic N) is 3. The number of aryl methyl sites for hydroxylation is 1. The molecule has 1 unspecified atom stereocenters. The van der Waals surface area contributed by atoms with E-state index in [0.29, 0.717) is 6.42 Å². The van der Waals surface area contributed by atoms with Gasteiger partial charge in [0.1, 0.15) is 0 Å². The minimum absolute atomic E-state index is 0.0739. The first-order valence-corrected chi connectivity index (χ1v) is 7.74. The molecule has 2 heterocycles. The minimum Gasteiger partial charge on any atom is -0.334 e. The number of aromatic nitrogens is 2. The molecule has 1 aliphatic rings. The number of carbonyl (C=O) groups is 1. The third-order valence-corrected chi connectivity index (χ3v) is 4.47. The number of fused-ring (bicyclic) bond motifs is 1. The van der Waals surface area contributed by atoms with Gasteiger partial charge in [0.05, 0.1) is 5.69 Å². The van der Waals surface area contributed by atoms with Gasteiger partial charge in [-0.2, -0.15) is 18.3 Å². The van der Waals surface area contributed by atoms with Crippen LogP contribution in [0, 0.1) is 0 Å². The Kier molecular flexibility index (Phi) is 4.11. The molecule has 4 nitrogen and oxygen atoms in total. The molecule has 0 saturated heterocycles. The summed E-state index contributed by atoms with van der Waals surface area (Å²) in [6, 6.07) is 7.78. The van der Waals surface area contributed by atoms with Crippen molar-refractivity contribution in [3.63, 3.8) is 0 Å². The van der Waals surface area contributed by atoms with Gasteiger partial charge >= 0.3 is 12.1 Å². The lowest BCUT2D eigenvalue weighted by Gasteiger charge is -2.23. The SMILES string of the molecule is CC1CN(C(=O)C(F)(F)F)CCc2cc(-c3ccnn3C)ccc21. The van der Waals surface area contributed by atoms with Crippen LogP contribution < -0.4 is 0 Å². The van der Waals surface area contributed by atoms with Gasteiger partial charge < -0.3 is 4.90 Å². The number of benzene rings is 1. The highest BCUT2D eigenvalue weighted by atomic mass is 19.4. The van der Waals surface area contributed by atoms with Gasteiger partial charge in [0.25, 0.3) is 0 Å². The van der Waals surface area contributed by atoms with Crippen molar-refractivity contribution in [2.75, 3.05) is 13.1 Å². The highest BCUT2D eigenvalue weighted by molar-refractivity contribution is 5.82. The Morgan fingerprint density at radius 1 is 1.29 bits per heavy atom. The standard InChI is InChI=1S/C17H18F3N3O/c1-11-10-23(16(24)17(18,19)20)8-6-12-9-13(3-4-14(11)12)15-5-7-21-22(15)2/h3-5,7,9,11H,6,8,10H2,1-2H3. The zero-order chi connectivity index (χ0) is 17.5. The molecule has 0 spiro atoms. The average molecular weight is 337 g/mol. The van der Waals surface area contributed by atoms with E-state index in [0.717, 1.165) is 27.3 Å². The van der Waals surface area contributed by atoms with E-state index in [9.17, 15) is 18.0 Å². The van der Waals surface area contributed by atoms with Gasteiger partial charge in [-0.15, -0.1) is 0 Å². The molecule has 0 fully saturated rings. The first kappa shape index (κ1) is 16.5. The molecule has 1 aliphatic heterocycles. The van der Waals surface area contributed by atoms with Crippen LogP contribution in [0.2, 0.25) is 0 Å². The monoisotopic (exact) mass is 337 g/mol. The maximum Gasteiger partial charge on any atom is 0.471 e. The van der Waals surface area contributed by atoms with Crippen LogP contribution in [0.25, 0.3) is 11.3 Å². The van der Waals surface area contributed by atoms with Crippen LogP contribution in [-0.4, -0.2) is 39.9 Å². The Morgan fingerprint density at radius 2 is 2.04 bits per heavy atom. The first-order chi connectivity index (χ1) is 11.3. The lowest BCUT2D eigenvalue weighted by molar-refractivity contribution is -0.185. The van der Waals surface area contributed by atoms with E-state index in [1.807, 2.05) is 38.2 Å². The number of halogens is 3. The van der Waals surface area contributed by atoms with Gasteiger partial charge in [-0.3, -0.25) is 9.48 Å². The lowest BCUT2D eigenvalue weighted by atomic mass is 9.93. The Hall–Kier alpha value is -2.31. The van der Waals surface area contributed by atoms with Crippen LogP contribution in [0.4, 0.5) is 13.2 Å². The molecule has 3 rings (SSSR count). The number of alkyl halides is 3. The molecular formula is C17H18F3N3O. The van der Waals surface area contributed by atoms with Crippen molar-refractivity contribution in [3.05, 3.63) is 41.6 Å². The number of carbonyl (C=O) groups excluding carboxylic acids is 1. The second kappa shape index (κ2) is 5.96. The molecule has 2 aromatic rings. The summed E-state index contributed by atoms with van der Waals surface area (Å²) in [7, 11) is 1.84. The molecule has 1 amide bonds. The molecule has 0 radical (unpaired) electrons. The Balaban J connectivity index is 1.90. The zero-order valence-electron chi connectivity index (χ0n) is 13.5. The fraction of sp³-hybridized carbons (Fsp3) is 0.412. The van der Waals surface area contributed by atoms with Gasteiger partial charge in [-0.1, -0.05) is 19.1 Å². The molecule has 0 bridgehead atoms. The largest absolute Gasteiger partial charge is 0.471 e. The van der Waals surface area contributed by atoms with Gasteiger partial charge in [0.15, 0.2) is 0 Å². The van der Waals surface area contributed by atoms with E-state index in [4.69, 9.17) is 0 Å². The average Bonchev–Trinajstić information content (AvgIpc) is 2.87. The number of hydrogen-bond donors (Lipinski definition) is 0. The Morgan fingerprint density at radius 3 is 2.67 bits per heavy atom. The van der Waals surface area contributed by atoms with Crippen molar-refractivity contribution in [1.82, 2.24) is 14.7 Å². The summed E-state index contributed by atoms with van der Waals surface area (Å²) in [5, 5.41) is 4.14. The summed E-state index contributed by atoms with van der Waals surface area (Å²) >= 11 is 0. The van der Waals surface area contributed by atoms with E-state index in [-0.39, 0.29) is 19.0 Å². The number of rotatable bonds is 1. The minimum atomic E-state index is -4.82. The molecule has 128 valence electrons. The maximum absolute atomic E-state index is 12.7. The summed E-state index contributed by atoms with van der Waals surface area (Å²) < 4.78 is 39.9. The molecular weight excluding hydrogens is 319 g/mol. The second-order valence-corrected chi connectivity index (χ2v) is 6.15. The fourth-order valence-corrected chi connectivity index (χ4v) is 3.26. The number of hydrogen-bond acceptors (Lipinski definition) is 2.